The molecule has 1 atom stereocenters. The van der Waals surface area contributed by atoms with Crippen LogP contribution in [0.5, 0.6) is 0 Å². The molecule has 2 heterocycles. The first kappa shape index (κ1) is 22.0. The number of hydrogen-bond acceptors (Lipinski definition) is 5. The van der Waals surface area contributed by atoms with Crippen molar-refractivity contribution in [2.75, 3.05) is 0 Å². The molecule has 3 aromatic carbocycles. The highest BCUT2D eigenvalue weighted by Gasteiger charge is 2.19. The number of benzene rings is 3. The Kier molecular flexibility index (Phi) is 6.49. The third kappa shape index (κ3) is 4.77. The standard InChI is InChI=1S/C28H30N6/c1-3-6-19-10-14-21(15-11-19)25-29-27(33-31-25)23-8-5-9-24(18-23)28-30-26(32-34-28)22-16-12-20(7-4-2)13-17-22/h5,8-18,25,31H,3-4,6-7H2,1-2H3,(H,29,33)(H,30,32,34). The molecule has 0 spiro atoms. The first-order chi connectivity index (χ1) is 16.7. The molecule has 0 bridgehead atoms. The van der Waals surface area contributed by atoms with Gasteiger partial charge in [0.1, 0.15) is 12.0 Å². The summed E-state index contributed by atoms with van der Waals surface area (Å²) in [6.45, 7) is 4.39. The van der Waals surface area contributed by atoms with Gasteiger partial charge < -0.3 is 5.43 Å². The Balaban J connectivity index is 1.33. The van der Waals surface area contributed by atoms with Crippen molar-refractivity contribution in [3.05, 3.63) is 95.1 Å². The molecule has 1 unspecified atom stereocenters. The van der Waals surface area contributed by atoms with Gasteiger partial charge >= 0.3 is 0 Å². The quantitative estimate of drug-likeness (QED) is 0.327. The van der Waals surface area contributed by atoms with Gasteiger partial charge in [0, 0.05) is 16.7 Å². The molecule has 1 aromatic heterocycles. The van der Waals surface area contributed by atoms with Crippen LogP contribution in [0.25, 0.3) is 22.8 Å². The van der Waals surface area contributed by atoms with E-state index in [1.54, 1.807) is 0 Å². The van der Waals surface area contributed by atoms with Crippen molar-refractivity contribution in [1.29, 1.82) is 0 Å². The van der Waals surface area contributed by atoms with Gasteiger partial charge in [-0.15, -0.1) is 0 Å². The maximum absolute atomic E-state index is 4.86. The molecule has 0 saturated carbocycles. The normalized spacial score (nSPS) is 15.2. The number of nitrogens with zero attached hydrogens (tertiary/aromatic N) is 3. The number of amidine groups is 1. The van der Waals surface area contributed by atoms with Crippen LogP contribution in [0.2, 0.25) is 0 Å². The van der Waals surface area contributed by atoms with Crippen LogP contribution in [0, 0.1) is 0 Å². The van der Waals surface area contributed by atoms with E-state index in [1.165, 1.54) is 11.1 Å². The summed E-state index contributed by atoms with van der Waals surface area (Å²) in [5.41, 5.74) is 13.3. The lowest BCUT2D eigenvalue weighted by Crippen LogP contribution is -2.31. The van der Waals surface area contributed by atoms with Crippen LogP contribution in [-0.2, 0) is 12.8 Å². The van der Waals surface area contributed by atoms with Crippen LogP contribution in [0.3, 0.4) is 0 Å². The largest absolute Gasteiger partial charge is 0.303 e. The van der Waals surface area contributed by atoms with Gasteiger partial charge in [-0.1, -0.05) is 93.4 Å². The van der Waals surface area contributed by atoms with Gasteiger partial charge in [-0.25, -0.2) is 15.4 Å². The number of H-pyrrole nitrogens is 1. The van der Waals surface area contributed by atoms with Crippen LogP contribution >= 0.6 is 0 Å². The summed E-state index contributed by atoms with van der Waals surface area (Å²) in [7, 11) is 0. The van der Waals surface area contributed by atoms with Crippen LogP contribution in [0.15, 0.2) is 77.8 Å². The number of aromatic nitrogens is 3. The van der Waals surface area contributed by atoms with E-state index in [0.29, 0.717) is 5.82 Å². The van der Waals surface area contributed by atoms with Crippen LogP contribution < -0.4 is 10.9 Å². The number of nitrogens with one attached hydrogen (secondary N) is 3. The second kappa shape index (κ2) is 10.0. The van der Waals surface area contributed by atoms with E-state index in [1.807, 2.05) is 18.2 Å². The zero-order chi connectivity index (χ0) is 23.3. The molecule has 1 aliphatic rings. The molecule has 1 aliphatic heterocycles. The van der Waals surface area contributed by atoms with Crippen LogP contribution in [0.4, 0.5) is 0 Å². The second-order valence-corrected chi connectivity index (χ2v) is 8.68. The summed E-state index contributed by atoms with van der Waals surface area (Å²) in [6, 6.07) is 25.3. The Morgan fingerprint density at radius 1 is 0.765 bits per heavy atom. The predicted octanol–water partition coefficient (Wildman–Crippen LogP) is 5.60. The van der Waals surface area contributed by atoms with Gasteiger partial charge in [0.2, 0.25) is 0 Å². The average molecular weight is 451 g/mol. The van der Waals surface area contributed by atoms with E-state index in [9.17, 15) is 0 Å². The van der Waals surface area contributed by atoms with Crippen molar-refractivity contribution >= 4 is 5.84 Å². The Bertz CT molecular complexity index is 1270. The highest BCUT2D eigenvalue weighted by atomic mass is 15.5. The smallest absolute Gasteiger partial charge is 0.181 e. The minimum atomic E-state index is -0.111. The van der Waals surface area contributed by atoms with E-state index in [2.05, 4.69) is 89.5 Å². The summed E-state index contributed by atoms with van der Waals surface area (Å²) in [5.74, 6) is 2.25. The number of aliphatic imine (C=N–C) groups is 1. The summed E-state index contributed by atoms with van der Waals surface area (Å²) in [5, 5.41) is 7.55. The molecule has 5 rings (SSSR count). The minimum absolute atomic E-state index is 0.111. The molecule has 34 heavy (non-hydrogen) atoms. The van der Waals surface area contributed by atoms with Crippen molar-refractivity contribution in [3.8, 4) is 22.8 Å². The van der Waals surface area contributed by atoms with Crippen LogP contribution in [-0.4, -0.2) is 21.0 Å². The third-order valence-electron chi connectivity index (χ3n) is 6.07. The van der Waals surface area contributed by atoms with Gasteiger partial charge in [-0.05, 0) is 35.6 Å². The average Bonchev–Trinajstić information content (AvgIpc) is 3.57. The van der Waals surface area contributed by atoms with Crippen molar-refractivity contribution in [2.45, 2.75) is 45.7 Å². The SMILES string of the molecule is CCCc1ccc(-c2nc(-c3cccc(C4=NC(c5ccc(CCC)cc5)NN4)c3)n[nH]2)cc1. The molecule has 6 nitrogen and oxygen atoms in total. The predicted molar refractivity (Wildman–Crippen MR) is 137 cm³/mol. The van der Waals surface area contributed by atoms with Crippen molar-refractivity contribution < 1.29 is 0 Å². The summed E-state index contributed by atoms with van der Waals surface area (Å²) in [6.07, 6.45) is 4.38. The van der Waals surface area contributed by atoms with Gasteiger partial charge in [-0.3, -0.25) is 5.10 Å². The number of hydrazine groups is 1. The topological polar surface area (TPSA) is 78.0 Å². The summed E-state index contributed by atoms with van der Waals surface area (Å²) < 4.78 is 0. The fraction of sp³-hybridized carbons (Fsp3) is 0.250. The third-order valence-corrected chi connectivity index (χ3v) is 6.07. The van der Waals surface area contributed by atoms with E-state index < -0.39 is 0 Å². The Morgan fingerprint density at radius 3 is 2.15 bits per heavy atom. The minimum Gasteiger partial charge on any atom is -0.303 e. The fourth-order valence-electron chi connectivity index (χ4n) is 4.23. The van der Waals surface area contributed by atoms with E-state index in [-0.39, 0.29) is 6.17 Å². The number of aryl methyl sites for hydroxylation is 2. The molecule has 3 N–H and O–H groups in total. The van der Waals surface area contributed by atoms with Crippen LogP contribution in [0.1, 0.15) is 55.1 Å². The lowest BCUT2D eigenvalue weighted by molar-refractivity contribution is 0.574. The van der Waals surface area contributed by atoms with E-state index >= 15 is 0 Å². The molecular formula is C28H30N6. The lowest BCUT2D eigenvalue weighted by Gasteiger charge is -2.08. The van der Waals surface area contributed by atoms with E-state index in [4.69, 9.17) is 9.98 Å². The molecule has 4 aromatic rings. The highest BCUT2D eigenvalue weighted by molar-refractivity contribution is 6.00. The zero-order valence-corrected chi connectivity index (χ0v) is 19.7. The monoisotopic (exact) mass is 450 g/mol. The Labute approximate surface area is 200 Å². The lowest BCUT2D eigenvalue weighted by atomic mass is 10.1. The van der Waals surface area contributed by atoms with Gasteiger partial charge in [0.05, 0.1) is 0 Å². The Morgan fingerprint density at radius 2 is 1.44 bits per heavy atom. The van der Waals surface area contributed by atoms with Gasteiger partial charge in [0.15, 0.2) is 11.6 Å². The number of rotatable bonds is 8. The van der Waals surface area contributed by atoms with Crippen molar-refractivity contribution in [3.63, 3.8) is 0 Å². The summed E-state index contributed by atoms with van der Waals surface area (Å²) >= 11 is 0. The number of hydrogen-bond donors (Lipinski definition) is 3. The molecule has 0 aliphatic carbocycles. The zero-order valence-electron chi connectivity index (χ0n) is 19.7. The molecule has 6 heteroatoms. The van der Waals surface area contributed by atoms with Crippen molar-refractivity contribution in [1.82, 2.24) is 26.0 Å². The molecule has 0 amide bonds. The number of aromatic amines is 1. The first-order valence-corrected chi connectivity index (χ1v) is 12.0. The second-order valence-electron chi connectivity index (χ2n) is 8.68. The first-order valence-electron chi connectivity index (χ1n) is 12.0. The maximum atomic E-state index is 4.86. The molecule has 0 fully saturated rings. The summed E-state index contributed by atoms with van der Waals surface area (Å²) in [4.78, 5) is 9.60. The fourth-order valence-corrected chi connectivity index (χ4v) is 4.23. The van der Waals surface area contributed by atoms with Gasteiger partial charge in [-0.2, -0.15) is 5.10 Å². The molecule has 0 saturated heterocycles. The van der Waals surface area contributed by atoms with E-state index in [0.717, 1.165) is 59.6 Å². The van der Waals surface area contributed by atoms with Crippen molar-refractivity contribution in [2.24, 2.45) is 4.99 Å². The highest BCUT2D eigenvalue weighted by Crippen LogP contribution is 2.24. The molecule has 172 valence electrons. The molecule has 0 radical (unpaired) electrons. The molecular weight excluding hydrogens is 420 g/mol. The maximum Gasteiger partial charge on any atom is 0.181 e. The Hall–Kier alpha value is -3.77. The van der Waals surface area contributed by atoms with Gasteiger partial charge in [0.25, 0.3) is 0 Å².